The van der Waals surface area contributed by atoms with Crippen LogP contribution in [0.2, 0.25) is 0 Å². The first-order valence-electron chi connectivity index (χ1n) is 5.78. The number of aliphatic hydroxyl groups excluding tert-OH is 1. The van der Waals surface area contributed by atoms with Gasteiger partial charge in [0.25, 0.3) is 0 Å². The van der Waals surface area contributed by atoms with Crippen molar-refractivity contribution in [3.8, 4) is 23.7 Å². The van der Waals surface area contributed by atoms with Gasteiger partial charge in [0.2, 0.25) is 0 Å². The summed E-state index contributed by atoms with van der Waals surface area (Å²) in [6, 6.07) is 0. The first-order valence-corrected chi connectivity index (χ1v) is 5.78. The molecule has 0 aliphatic heterocycles. The zero-order valence-electron chi connectivity index (χ0n) is 10.2. The van der Waals surface area contributed by atoms with Crippen LogP contribution in [0, 0.1) is 23.7 Å². The van der Waals surface area contributed by atoms with Crippen LogP contribution in [0.4, 0.5) is 0 Å². The molecule has 1 N–H and O–H groups in total. The summed E-state index contributed by atoms with van der Waals surface area (Å²) >= 11 is 0. The summed E-state index contributed by atoms with van der Waals surface area (Å²) in [6.07, 6.45) is 10.9. The lowest BCUT2D eigenvalue weighted by Crippen LogP contribution is -2.00. The maximum absolute atomic E-state index is 9.51. The summed E-state index contributed by atoms with van der Waals surface area (Å²) in [5.41, 5.74) is 0. The maximum Gasteiger partial charge on any atom is 0.0730 e. The Balaban J connectivity index is 3.78. The van der Waals surface area contributed by atoms with Gasteiger partial charge >= 0.3 is 0 Å². The fourth-order valence-electron chi connectivity index (χ4n) is 1.10. The van der Waals surface area contributed by atoms with Gasteiger partial charge in [-0.2, -0.15) is 0 Å². The van der Waals surface area contributed by atoms with E-state index < -0.39 is 0 Å². The molecule has 0 saturated heterocycles. The van der Waals surface area contributed by atoms with Gasteiger partial charge in [0, 0.05) is 0 Å². The van der Waals surface area contributed by atoms with E-state index in [4.69, 9.17) is 0 Å². The molecular weight excluding hydrogens is 196 g/mol. The van der Waals surface area contributed by atoms with E-state index >= 15 is 0 Å². The highest BCUT2D eigenvalue weighted by molar-refractivity contribution is 5.33. The minimum absolute atomic E-state index is 0.371. The highest BCUT2D eigenvalue weighted by Crippen LogP contribution is 2.03. The molecule has 0 aliphatic carbocycles. The van der Waals surface area contributed by atoms with Crippen molar-refractivity contribution in [1.82, 2.24) is 0 Å². The second-order valence-corrected chi connectivity index (χ2v) is 3.46. The van der Waals surface area contributed by atoms with Crippen LogP contribution in [0.3, 0.4) is 0 Å². The van der Waals surface area contributed by atoms with Gasteiger partial charge < -0.3 is 5.11 Å². The van der Waals surface area contributed by atoms with E-state index in [9.17, 15) is 5.11 Å². The molecule has 1 atom stereocenters. The third-order valence-corrected chi connectivity index (χ3v) is 1.96. The van der Waals surface area contributed by atoms with Gasteiger partial charge in [-0.1, -0.05) is 44.1 Å². The van der Waals surface area contributed by atoms with Crippen molar-refractivity contribution in [3.63, 3.8) is 0 Å². The molecule has 0 radical (unpaired) electrons. The Hall–Kier alpha value is -1.44. The molecule has 0 fully saturated rings. The van der Waals surface area contributed by atoms with Crippen LogP contribution in [0.5, 0.6) is 0 Å². The fraction of sp³-hybridized carbons (Fsp3) is 0.467. The number of hydrogen-bond donors (Lipinski definition) is 1. The molecule has 0 aromatic carbocycles. The average Bonchev–Trinajstić information content (AvgIpc) is 2.28. The number of rotatable bonds is 5. The summed E-state index contributed by atoms with van der Waals surface area (Å²) in [7, 11) is 0. The SMILES string of the molecule is C/C=C/C#CC#C/C=C/[C@H](O)CCCCC. The zero-order chi connectivity index (χ0) is 12.1. The van der Waals surface area contributed by atoms with Gasteiger partial charge in [0.05, 0.1) is 6.10 Å². The summed E-state index contributed by atoms with van der Waals surface area (Å²) in [4.78, 5) is 0. The monoisotopic (exact) mass is 216 g/mol. The maximum atomic E-state index is 9.51. The van der Waals surface area contributed by atoms with Gasteiger partial charge in [-0.15, -0.1) is 0 Å². The van der Waals surface area contributed by atoms with Crippen molar-refractivity contribution >= 4 is 0 Å². The van der Waals surface area contributed by atoms with E-state index in [2.05, 4.69) is 30.6 Å². The molecule has 1 nitrogen and oxygen atoms in total. The highest BCUT2D eigenvalue weighted by Gasteiger charge is 1.96. The van der Waals surface area contributed by atoms with Crippen LogP contribution in [0.1, 0.15) is 39.5 Å². The molecule has 0 amide bonds. The lowest BCUT2D eigenvalue weighted by atomic mass is 10.1. The molecule has 0 saturated carbocycles. The molecule has 0 unspecified atom stereocenters. The van der Waals surface area contributed by atoms with Gasteiger partial charge in [0.1, 0.15) is 0 Å². The topological polar surface area (TPSA) is 20.2 Å². The lowest BCUT2D eigenvalue weighted by molar-refractivity contribution is 0.208. The fourth-order valence-corrected chi connectivity index (χ4v) is 1.10. The molecule has 86 valence electrons. The molecule has 1 heteroatoms. The molecule has 0 heterocycles. The summed E-state index contributed by atoms with van der Waals surface area (Å²) < 4.78 is 0. The molecule has 0 spiro atoms. The molecule has 0 aliphatic rings. The third-order valence-electron chi connectivity index (χ3n) is 1.96. The van der Waals surface area contributed by atoms with E-state index in [0.29, 0.717) is 0 Å². The van der Waals surface area contributed by atoms with Crippen molar-refractivity contribution in [3.05, 3.63) is 24.3 Å². The van der Waals surface area contributed by atoms with Crippen molar-refractivity contribution in [2.75, 3.05) is 0 Å². The Labute approximate surface area is 99.3 Å². The van der Waals surface area contributed by atoms with Crippen LogP contribution in [-0.2, 0) is 0 Å². The normalized spacial score (nSPS) is 11.9. The number of hydrogen-bond acceptors (Lipinski definition) is 1. The van der Waals surface area contributed by atoms with E-state index in [-0.39, 0.29) is 6.10 Å². The Morgan fingerprint density at radius 3 is 2.44 bits per heavy atom. The van der Waals surface area contributed by atoms with Gasteiger partial charge in [0.15, 0.2) is 0 Å². The summed E-state index contributed by atoms with van der Waals surface area (Å²) in [5, 5.41) is 9.51. The van der Waals surface area contributed by atoms with Crippen LogP contribution in [0.15, 0.2) is 24.3 Å². The van der Waals surface area contributed by atoms with Gasteiger partial charge in [-0.3, -0.25) is 0 Å². The quantitative estimate of drug-likeness (QED) is 0.553. The first kappa shape index (κ1) is 14.6. The van der Waals surface area contributed by atoms with Crippen molar-refractivity contribution < 1.29 is 5.11 Å². The van der Waals surface area contributed by atoms with E-state index in [1.807, 2.05) is 13.0 Å². The zero-order valence-corrected chi connectivity index (χ0v) is 10.2. The van der Waals surface area contributed by atoms with Crippen LogP contribution in [-0.4, -0.2) is 11.2 Å². The van der Waals surface area contributed by atoms with E-state index in [1.165, 1.54) is 12.8 Å². The standard InChI is InChI=1S/C15H20O/c1-3-5-7-8-9-10-12-14-15(16)13-11-6-4-2/h3,5,12,14-16H,4,6,11,13H2,1-2H3/b5-3+,14-12+/t15-/m1/s1. The smallest absolute Gasteiger partial charge is 0.0730 e. The molecule has 16 heavy (non-hydrogen) atoms. The number of unbranched alkanes of at least 4 members (excludes halogenated alkanes) is 2. The van der Waals surface area contributed by atoms with E-state index in [1.54, 1.807) is 18.2 Å². The first-order chi connectivity index (χ1) is 7.81. The van der Waals surface area contributed by atoms with Crippen molar-refractivity contribution in [2.24, 2.45) is 0 Å². The number of allylic oxidation sites excluding steroid dienone is 3. The summed E-state index contributed by atoms with van der Waals surface area (Å²) in [5.74, 6) is 10.9. The highest BCUT2D eigenvalue weighted by atomic mass is 16.3. The molecule has 0 rings (SSSR count). The molecule has 0 aromatic heterocycles. The van der Waals surface area contributed by atoms with Gasteiger partial charge in [-0.25, -0.2) is 0 Å². The number of aliphatic hydroxyl groups is 1. The Morgan fingerprint density at radius 1 is 1.12 bits per heavy atom. The largest absolute Gasteiger partial charge is 0.389 e. The molecule has 0 aromatic rings. The predicted octanol–water partition coefficient (Wildman–Crippen LogP) is 3.07. The minimum Gasteiger partial charge on any atom is -0.389 e. The molecule has 0 bridgehead atoms. The Morgan fingerprint density at radius 2 is 1.81 bits per heavy atom. The van der Waals surface area contributed by atoms with Crippen molar-refractivity contribution in [2.45, 2.75) is 45.6 Å². The Bertz CT molecular complexity index is 328. The minimum atomic E-state index is -0.371. The lowest BCUT2D eigenvalue weighted by Gasteiger charge is -2.02. The third kappa shape index (κ3) is 10.6. The van der Waals surface area contributed by atoms with Crippen LogP contribution in [0.25, 0.3) is 0 Å². The Kier molecular flexibility index (Phi) is 10.6. The second-order valence-electron chi connectivity index (χ2n) is 3.46. The van der Waals surface area contributed by atoms with E-state index in [0.717, 1.165) is 12.8 Å². The van der Waals surface area contributed by atoms with Crippen LogP contribution >= 0.6 is 0 Å². The predicted molar refractivity (Wildman–Crippen MR) is 69.7 cm³/mol. The van der Waals surface area contributed by atoms with Crippen molar-refractivity contribution in [1.29, 1.82) is 0 Å². The van der Waals surface area contributed by atoms with Gasteiger partial charge in [-0.05, 0) is 43.4 Å². The average molecular weight is 216 g/mol. The molecular formula is C15H20O. The second kappa shape index (κ2) is 11.6. The summed E-state index contributed by atoms with van der Waals surface area (Å²) in [6.45, 7) is 4.06. The van der Waals surface area contributed by atoms with Crippen LogP contribution < -0.4 is 0 Å².